The molecule has 0 amide bonds. The highest BCUT2D eigenvalue weighted by Gasteiger charge is 2.19. The smallest absolute Gasteiger partial charge is 0.167 e. The summed E-state index contributed by atoms with van der Waals surface area (Å²) in [6, 6.07) is 0. The highest BCUT2D eigenvalue weighted by molar-refractivity contribution is 5.61. The third-order valence-electron chi connectivity index (χ3n) is 2.88. The Balaban J connectivity index is 3.49. The zero-order valence-corrected chi connectivity index (χ0v) is 10.7. The molecule has 0 aromatic heterocycles. The van der Waals surface area contributed by atoms with Crippen LogP contribution in [0.15, 0.2) is 0 Å². The number of benzene rings is 1. The molecule has 3 nitrogen and oxygen atoms in total. The predicted molar refractivity (Wildman–Crippen MR) is 64.7 cm³/mol. The topological polar surface area (TPSA) is 38.7 Å². The average molecular weight is 224 g/mol. The van der Waals surface area contributed by atoms with E-state index in [2.05, 4.69) is 6.92 Å². The Morgan fingerprint density at radius 1 is 1.00 bits per heavy atom. The lowest BCUT2D eigenvalue weighted by Gasteiger charge is -2.18. The fraction of sp³-hybridized carbons (Fsp3) is 0.538. The van der Waals surface area contributed by atoms with E-state index in [0.717, 1.165) is 35.3 Å². The lowest BCUT2D eigenvalue weighted by Crippen LogP contribution is -2.01. The van der Waals surface area contributed by atoms with Crippen LogP contribution in [-0.2, 0) is 6.42 Å². The third kappa shape index (κ3) is 1.94. The summed E-state index contributed by atoms with van der Waals surface area (Å²) < 4.78 is 10.6. The van der Waals surface area contributed by atoms with E-state index in [1.54, 1.807) is 14.2 Å². The Labute approximate surface area is 97.0 Å². The quantitative estimate of drug-likeness (QED) is 0.854. The normalized spacial score (nSPS) is 10.3. The first-order valence-corrected chi connectivity index (χ1v) is 5.51. The molecule has 90 valence electrons. The van der Waals surface area contributed by atoms with Crippen LogP contribution >= 0.6 is 0 Å². The highest BCUT2D eigenvalue weighted by Crippen LogP contribution is 2.42. The zero-order valence-electron chi connectivity index (χ0n) is 10.7. The van der Waals surface area contributed by atoms with Crippen molar-refractivity contribution in [2.45, 2.75) is 33.6 Å². The SMILES string of the molecule is CCCc1c(C)c(OC)c(C)c(OC)c1O. The van der Waals surface area contributed by atoms with E-state index in [-0.39, 0.29) is 5.75 Å². The van der Waals surface area contributed by atoms with Crippen LogP contribution in [-0.4, -0.2) is 19.3 Å². The Morgan fingerprint density at radius 3 is 2.00 bits per heavy atom. The molecule has 1 rings (SSSR count). The van der Waals surface area contributed by atoms with Gasteiger partial charge in [-0.25, -0.2) is 0 Å². The second-order valence-electron chi connectivity index (χ2n) is 3.89. The van der Waals surface area contributed by atoms with Crippen LogP contribution in [0.4, 0.5) is 0 Å². The van der Waals surface area contributed by atoms with Gasteiger partial charge in [0.15, 0.2) is 11.5 Å². The van der Waals surface area contributed by atoms with Crippen molar-refractivity contribution in [3.8, 4) is 17.2 Å². The molecule has 0 aliphatic heterocycles. The van der Waals surface area contributed by atoms with Crippen LogP contribution in [0.3, 0.4) is 0 Å². The van der Waals surface area contributed by atoms with Gasteiger partial charge < -0.3 is 14.6 Å². The first kappa shape index (κ1) is 12.7. The third-order valence-corrected chi connectivity index (χ3v) is 2.88. The summed E-state index contributed by atoms with van der Waals surface area (Å²) in [7, 11) is 3.20. The molecule has 0 aliphatic carbocycles. The van der Waals surface area contributed by atoms with Crippen molar-refractivity contribution in [1.29, 1.82) is 0 Å². The minimum Gasteiger partial charge on any atom is -0.504 e. The van der Waals surface area contributed by atoms with Crippen molar-refractivity contribution in [3.63, 3.8) is 0 Å². The van der Waals surface area contributed by atoms with Gasteiger partial charge in [0.1, 0.15) is 5.75 Å². The molecule has 1 aromatic rings. The first-order chi connectivity index (χ1) is 7.58. The van der Waals surface area contributed by atoms with E-state index in [1.165, 1.54) is 0 Å². The van der Waals surface area contributed by atoms with Crippen LogP contribution in [0.2, 0.25) is 0 Å². The largest absolute Gasteiger partial charge is 0.504 e. The van der Waals surface area contributed by atoms with Gasteiger partial charge in [-0.2, -0.15) is 0 Å². The number of hydrogen-bond acceptors (Lipinski definition) is 3. The van der Waals surface area contributed by atoms with Crippen molar-refractivity contribution in [3.05, 3.63) is 16.7 Å². The van der Waals surface area contributed by atoms with Crippen LogP contribution in [0.1, 0.15) is 30.0 Å². The van der Waals surface area contributed by atoms with Crippen molar-refractivity contribution < 1.29 is 14.6 Å². The Morgan fingerprint density at radius 2 is 1.56 bits per heavy atom. The standard InChI is InChI=1S/C13H20O3/c1-6-7-10-8(2)12(15-4)9(3)13(16-5)11(10)14/h14H,6-7H2,1-5H3. The molecule has 0 spiro atoms. The summed E-state index contributed by atoms with van der Waals surface area (Å²) in [4.78, 5) is 0. The number of aromatic hydroxyl groups is 1. The Kier molecular flexibility index (Phi) is 4.05. The van der Waals surface area contributed by atoms with E-state index in [1.807, 2.05) is 13.8 Å². The molecule has 16 heavy (non-hydrogen) atoms. The van der Waals surface area contributed by atoms with Crippen molar-refractivity contribution in [1.82, 2.24) is 0 Å². The predicted octanol–water partition coefficient (Wildman–Crippen LogP) is 2.98. The van der Waals surface area contributed by atoms with E-state index in [0.29, 0.717) is 5.75 Å². The summed E-state index contributed by atoms with van der Waals surface area (Å²) in [5, 5.41) is 10.1. The lowest BCUT2D eigenvalue weighted by atomic mass is 9.98. The minimum atomic E-state index is 0.250. The minimum absolute atomic E-state index is 0.250. The lowest BCUT2D eigenvalue weighted by molar-refractivity contribution is 0.355. The molecule has 0 saturated heterocycles. The number of phenolic OH excluding ortho intramolecular Hbond substituents is 1. The van der Waals surface area contributed by atoms with Crippen molar-refractivity contribution >= 4 is 0 Å². The highest BCUT2D eigenvalue weighted by atomic mass is 16.5. The molecule has 0 saturated carbocycles. The maximum atomic E-state index is 10.1. The molecular formula is C13H20O3. The molecular weight excluding hydrogens is 204 g/mol. The first-order valence-electron chi connectivity index (χ1n) is 5.51. The zero-order chi connectivity index (χ0) is 12.3. The fourth-order valence-electron chi connectivity index (χ4n) is 2.13. The number of hydrogen-bond donors (Lipinski definition) is 1. The van der Waals surface area contributed by atoms with E-state index >= 15 is 0 Å². The second-order valence-corrected chi connectivity index (χ2v) is 3.89. The van der Waals surface area contributed by atoms with Gasteiger partial charge in [-0.15, -0.1) is 0 Å². The molecule has 0 unspecified atom stereocenters. The van der Waals surface area contributed by atoms with Gasteiger partial charge >= 0.3 is 0 Å². The van der Waals surface area contributed by atoms with Crippen molar-refractivity contribution in [2.75, 3.05) is 14.2 Å². The molecule has 0 fully saturated rings. The van der Waals surface area contributed by atoms with Crippen LogP contribution < -0.4 is 9.47 Å². The molecule has 0 atom stereocenters. The molecule has 0 heterocycles. The Hall–Kier alpha value is -1.38. The van der Waals surface area contributed by atoms with Gasteiger partial charge in [0, 0.05) is 11.1 Å². The second kappa shape index (κ2) is 5.10. The fourth-order valence-corrected chi connectivity index (χ4v) is 2.13. The van der Waals surface area contributed by atoms with E-state index in [4.69, 9.17) is 9.47 Å². The van der Waals surface area contributed by atoms with E-state index < -0.39 is 0 Å². The maximum Gasteiger partial charge on any atom is 0.167 e. The summed E-state index contributed by atoms with van der Waals surface area (Å²) in [6.07, 6.45) is 1.80. The number of ether oxygens (including phenoxy) is 2. The summed E-state index contributed by atoms with van der Waals surface area (Å²) in [5.74, 6) is 1.57. The van der Waals surface area contributed by atoms with Crippen molar-refractivity contribution in [2.24, 2.45) is 0 Å². The Bertz CT molecular complexity index is 352. The van der Waals surface area contributed by atoms with Crippen LogP contribution in [0.25, 0.3) is 0 Å². The van der Waals surface area contributed by atoms with Gasteiger partial charge in [-0.05, 0) is 25.8 Å². The number of rotatable bonds is 4. The average Bonchev–Trinajstić information content (AvgIpc) is 2.26. The van der Waals surface area contributed by atoms with Gasteiger partial charge in [0.25, 0.3) is 0 Å². The molecule has 3 heteroatoms. The van der Waals surface area contributed by atoms with Crippen LogP contribution in [0.5, 0.6) is 17.2 Å². The van der Waals surface area contributed by atoms with Gasteiger partial charge in [0.2, 0.25) is 0 Å². The molecule has 0 bridgehead atoms. The summed E-state index contributed by atoms with van der Waals surface area (Å²) in [5.41, 5.74) is 2.77. The van der Waals surface area contributed by atoms with E-state index in [9.17, 15) is 5.11 Å². The molecule has 1 N–H and O–H groups in total. The number of methoxy groups -OCH3 is 2. The van der Waals surface area contributed by atoms with Gasteiger partial charge in [0.05, 0.1) is 14.2 Å². The van der Waals surface area contributed by atoms with Crippen LogP contribution in [0, 0.1) is 13.8 Å². The van der Waals surface area contributed by atoms with Gasteiger partial charge in [-0.1, -0.05) is 13.3 Å². The summed E-state index contributed by atoms with van der Waals surface area (Å²) >= 11 is 0. The van der Waals surface area contributed by atoms with Gasteiger partial charge in [-0.3, -0.25) is 0 Å². The molecule has 0 radical (unpaired) electrons. The molecule has 0 aliphatic rings. The maximum absolute atomic E-state index is 10.1. The summed E-state index contributed by atoms with van der Waals surface area (Å²) in [6.45, 7) is 5.94. The number of phenols is 1. The molecule has 1 aromatic carbocycles. The monoisotopic (exact) mass is 224 g/mol.